The van der Waals surface area contributed by atoms with Crippen molar-refractivity contribution in [3.63, 3.8) is 0 Å². The molecule has 0 aliphatic heterocycles. The van der Waals surface area contributed by atoms with E-state index < -0.39 is 23.1 Å². The molecule has 0 N–H and O–H groups in total. The van der Waals surface area contributed by atoms with Gasteiger partial charge in [0.1, 0.15) is 17.6 Å². The molecule has 4 nitrogen and oxygen atoms in total. The second-order valence-corrected chi connectivity index (χ2v) is 13.1. The fraction of sp³-hybridized carbons (Fsp3) is 0.935. The van der Waals surface area contributed by atoms with Gasteiger partial charge in [0, 0.05) is 10.8 Å². The molecule has 2 unspecified atom stereocenters. The van der Waals surface area contributed by atoms with Crippen molar-refractivity contribution >= 4 is 11.9 Å². The number of unbranched alkanes of at least 4 members (excludes halogenated alkanes) is 10. The Hall–Kier alpha value is -1.06. The lowest BCUT2D eigenvalue weighted by Crippen LogP contribution is -2.46. The Labute approximate surface area is 218 Å². The van der Waals surface area contributed by atoms with Gasteiger partial charge in [0.25, 0.3) is 0 Å². The quantitative estimate of drug-likeness (QED) is 0.108. The van der Waals surface area contributed by atoms with Crippen LogP contribution in [0.2, 0.25) is 0 Å². The molecule has 2 atom stereocenters. The maximum Gasteiger partial charge on any atom is 0.317 e. The fourth-order valence-electron chi connectivity index (χ4n) is 4.34. The molecule has 0 aromatic heterocycles. The summed E-state index contributed by atoms with van der Waals surface area (Å²) < 4.78 is 12.0. The van der Waals surface area contributed by atoms with Crippen LogP contribution in [0.4, 0.5) is 0 Å². The molecule has 4 heteroatoms. The van der Waals surface area contributed by atoms with Gasteiger partial charge >= 0.3 is 11.9 Å². The molecular formula is C31H60O4. The summed E-state index contributed by atoms with van der Waals surface area (Å²) in [6, 6.07) is 0. The summed E-state index contributed by atoms with van der Waals surface area (Å²) >= 11 is 0. The van der Waals surface area contributed by atoms with Gasteiger partial charge in [0.15, 0.2) is 0 Å². The molecule has 0 amide bonds. The summed E-state index contributed by atoms with van der Waals surface area (Å²) in [4.78, 5) is 25.7. The van der Waals surface area contributed by atoms with Crippen LogP contribution < -0.4 is 0 Å². The highest BCUT2D eigenvalue weighted by molar-refractivity contribution is 5.91. The molecule has 0 aromatic rings. The van der Waals surface area contributed by atoms with Gasteiger partial charge in [-0.3, -0.25) is 9.59 Å². The maximum atomic E-state index is 12.9. The maximum absolute atomic E-state index is 12.9. The Bertz CT molecular complexity index is 546. The standard InChI is InChI=1S/C31H60O4/c1-11-13-15-17-19-21-23-30(9,28(3,4)5)34-26(32)25-27(33)35-31(10,29(6,7)8)24-22-20-18-16-14-12-2/h11-25H2,1-10H3. The summed E-state index contributed by atoms with van der Waals surface area (Å²) in [6.07, 6.45) is 15.6. The molecular weight excluding hydrogens is 436 g/mol. The highest BCUT2D eigenvalue weighted by Crippen LogP contribution is 2.40. The molecule has 0 rings (SSSR count). The van der Waals surface area contributed by atoms with Gasteiger partial charge < -0.3 is 9.47 Å². The molecule has 0 aliphatic carbocycles. The first-order valence-corrected chi connectivity index (χ1v) is 14.6. The van der Waals surface area contributed by atoms with Crippen LogP contribution >= 0.6 is 0 Å². The van der Waals surface area contributed by atoms with Crippen LogP contribution in [-0.2, 0) is 19.1 Å². The fourth-order valence-corrected chi connectivity index (χ4v) is 4.34. The molecule has 0 heterocycles. The first-order valence-electron chi connectivity index (χ1n) is 14.6. The molecule has 0 saturated carbocycles. The monoisotopic (exact) mass is 496 g/mol. The number of rotatable bonds is 18. The van der Waals surface area contributed by atoms with E-state index >= 15 is 0 Å². The minimum atomic E-state index is -0.610. The van der Waals surface area contributed by atoms with Crippen LogP contribution in [0.3, 0.4) is 0 Å². The molecule has 0 fully saturated rings. The summed E-state index contributed by atoms with van der Waals surface area (Å²) in [5, 5.41) is 0. The van der Waals surface area contributed by atoms with Crippen LogP contribution in [-0.4, -0.2) is 23.1 Å². The van der Waals surface area contributed by atoms with Gasteiger partial charge in [-0.15, -0.1) is 0 Å². The second kappa shape index (κ2) is 15.9. The third-order valence-electron chi connectivity index (χ3n) is 8.15. The molecule has 0 saturated heterocycles. The lowest BCUT2D eigenvalue weighted by Gasteiger charge is -2.42. The summed E-state index contributed by atoms with van der Waals surface area (Å²) in [6.45, 7) is 21.1. The van der Waals surface area contributed by atoms with Crippen molar-refractivity contribution < 1.29 is 19.1 Å². The van der Waals surface area contributed by atoms with E-state index in [0.717, 1.165) is 38.5 Å². The Kier molecular flexibility index (Phi) is 15.4. The normalized spacial score (nSPS) is 15.8. The van der Waals surface area contributed by atoms with Crippen LogP contribution in [0.15, 0.2) is 0 Å². The molecule has 0 aliphatic rings. The second-order valence-electron chi connectivity index (χ2n) is 13.1. The van der Waals surface area contributed by atoms with Gasteiger partial charge in [-0.2, -0.15) is 0 Å². The topological polar surface area (TPSA) is 52.6 Å². The third kappa shape index (κ3) is 13.2. The molecule has 35 heavy (non-hydrogen) atoms. The Morgan fingerprint density at radius 2 is 0.771 bits per heavy atom. The van der Waals surface area contributed by atoms with Crippen LogP contribution in [0.5, 0.6) is 0 Å². The lowest BCUT2D eigenvalue weighted by atomic mass is 9.74. The van der Waals surface area contributed by atoms with E-state index in [1.54, 1.807) is 0 Å². The minimum absolute atomic E-state index is 0.215. The molecule has 0 spiro atoms. The Morgan fingerprint density at radius 1 is 0.486 bits per heavy atom. The Morgan fingerprint density at radius 3 is 1.06 bits per heavy atom. The van der Waals surface area contributed by atoms with Gasteiger partial charge in [-0.1, -0.05) is 120 Å². The number of carbonyl (C=O) groups is 2. The predicted octanol–water partition coefficient (Wildman–Crippen LogP) is 9.57. The number of hydrogen-bond donors (Lipinski definition) is 0. The first kappa shape index (κ1) is 33.9. The number of carbonyl (C=O) groups excluding carboxylic acids is 2. The van der Waals surface area contributed by atoms with E-state index in [4.69, 9.17) is 9.47 Å². The predicted molar refractivity (Wildman–Crippen MR) is 149 cm³/mol. The molecule has 208 valence electrons. The van der Waals surface area contributed by atoms with Gasteiger partial charge in [0.05, 0.1) is 0 Å². The SMILES string of the molecule is CCCCCCCCC(C)(OC(=O)CC(=O)OC(C)(CCCCCCCC)C(C)(C)C)C(C)(C)C. The number of esters is 2. The third-order valence-corrected chi connectivity index (χ3v) is 8.15. The minimum Gasteiger partial charge on any atom is -0.458 e. The average Bonchev–Trinajstić information content (AvgIpc) is 2.71. The van der Waals surface area contributed by atoms with Crippen molar-refractivity contribution in [2.45, 2.75) is 177 Å². The van der Waals surface area contributed by atoms with Crippen molar-refractivity contribution in [1.29, 1.82) is 0 Å². The van der Waals surface area contributed by atoms with Gasteiger partial charge in [-0.25, -0.2) is 0 Å². The summed E-state index contributed by atoms with van der Waals surface area (Å²) in [5.41, 5.74) is -1.65. The molecule has 0 radical (unpaired) electrons. The van der Waals surface area contributed by atoms with Crippen LogP contribution in [0.1, 0.15) is 166 Å². The lowest BCUT2D eigenvalue weighted by molar-refractivity contribution is -0.183. The highest BCUT2D eigenvalue weighted by atomic mass is 16.6. The van der Waals surface area contributed by atoms with Gasteiger partial charge in [0.2, 0.25) is 0 Å². The van der Waals surface area contributed by atoms with Gasteiger partial charge in [-0.05, 0) is 39.5 Å². The van der Waals surface area contributed by atoms with E-state index in [-0.39, 0.29) is 17.3 Å². The largest absolute Gasteiger partial charge is 0.458 e. The van der Waals surface area contributed by atoms with Crippen molar-refractivity contribution in [2.75, 3.05) is 0 Å². The van der Waals surface area contributed by atoms with Crippen molar-refractivity contribution in [3.8, 4) is 0 Å². The Balaban J connectivity index is 4.95. The van der Waals surface area contributed by atoms with Crippen molar-refractivity contribution in [2.24, 2.45) is 10.8 Å². The zero-order chi connectivity index (χ0) is 27.2. The smallest absolute Gasteiger partial charge is 0.317 e. The van der Waals surface area contributed by atoms with E-state index in [9.17, 15) is 9.59 Å². The van der Waals surface area contributed by atoms with Crippen molar-refractivity contribution in [3.05, 3.63) is 0 Å². The highest BCUT2D eigenvalue weighted by Gasteiger charge is 2.43. The van der Waals surface area contributed by atoms with Crippen molar-refractivity contribution in [1.82, 2.24) is 0 Å². The zero-order valence-electron chi connectivity index (χ0n) is 25.2. The van der Waals surface area contributed by atoms with E-state index in [0.29, 0.717) is 0 Å². The number of ether oxygens (including phenoxy) is 2. The van der Waals surface area contributed by atoms with Crippen LogP contribution in [0.25, 0.3) is 0 Å². The molecule has 0 bridgehead atoms. The molecule has 0 aromatic carbocycles. The van der Waals surface area contributed by atoms with E-state index in [1.165, 1.54) is 51.4 Å². The first-order chi connectivity index (χ1) is 16.1. The van der Waals surface area contributed by atoms with E-state index in [2.05, 4.69) is 55.4 Å². The van der Waals surface area contributed by atoms with Crippen LogP contribution in [0, 0.1) is 10.8 Å². The zero-order valence-corrected chi connectivity index (χ0v) is 25.2. The summed E-state index contributed by atoms with van der Waals surface area (Å²) in [5.74, 6) is -0.955. The van der Waals surface area contributed by atoms with E-state index in [1.807, 2.05) is 13.8 Å². The average molecular weight is 497 g/mol. The number of hydrogen-bond acceptors (Lipinski definition) is 4. The summed E-state index contributed by atoms with van der Waals surface area (Å²) in [7, 11) is 0.